The third-order valence-corrected chi connectivity index (χ3v) is 7.39. The predicted molar refractivity (Wildman–Crippen MR) is 157 cm³/mol. The summed E-state index contributed by atoms with van der Waals surface area (Å²) >= 11 is 13.2. The molecule has 0 aliphatic rings. The standard InChI is InChI=1S/C31H26Cl2N4O3/c1-19-8-9-20-5-3-7-27(30(20)35-19)40-18-23-24(32)12-14-26(29(23)33)37(2)28(38)15-11-22-10-13-25(36-22)31(39)21-6-4-16-34-17-21/h3-10,12-14,16-17,36H,11,15,18H2,1-2H3. The van der Waals surface area contributed by atoms with Crippen molar-refractivity contribution >= 4 is 51.5 Å². The zero-order valence-corrected chi connectivity index (χ0v) is 23.5. The Hall–Kier alpha value is -4.20. The molecule has 0 saturated heterocycles. The van der Waals surface area contributed by atoms with Gasteiger partial charge in [-0.25, -0.2) is 4.98 Å². The van der Waals surface area contributed by atoms with Gasteiger partial charge in [-0.15, -0.1) is 0 Å². The molecule has 1 N–H and O–H groups in total. The molecule has 1 amide bonds. The minimum atomic E-state index is -0.153. The molecule has 5 aromatic rings. The average Bonchev–Trinajstić information content (AvgIpc) is 3.45. The van der Waals surface area contributed by atoms with E-state index in [4.69, 9.17) is 27.9 Å². The number of hydrogen-bond donors (Lipinski definition) is 1. The quantitative estimate of drug-likeness (QED) is 0.192. The number of fused-ring (bicyclic) bond motifs is 1. The topological polar surface area (TPSA) is 88.2 Å². The molecule has 7 nitrogen and oxygen atoms in total. The lowest BCUT2D eigenvalue weighted by Gasteiger charge is -2.21. The third-order valence-electron chi connectivity index (χ3n) is 6.62. The molecule has 5 rings (SSSR count). The minimum Gasteiger partial charge on any atom is -0.487 e. The number of carbonyl (C=O) groups excluding carboxylic acids is 2. The highest BCUT2D eigenvalue weighted by Crippen LogP contribution is 2.35. The van der Waals surface area contributed by atoms with E-state index in [0.717, 1.165) is 22.3 Å². The van der Waals surface area contributed by atoms with Crippen molar-refractivity contribution < 1.29 is 14.3 Å². The fourth-order valence-corrected chi connectivity index (χ4v) is 4.98. The maximum Gasteiger partial charge on any atom is 0.227 e. The van der Waals surface area contributed by atoms with Crippen molar-refractivity contribution in [2.75, 3.05) is 11.9 Å². The van der Waals surface area contributed by atoms with Crippen molar-refractivity contribution in [2.45, 2.75) is 26.4 Å². The molecule has 3 aromatic heterocycles. The molecular formula is C31H26Cl2N4O3. The van der Waals surface area contributed by atoms with Gasteiger partial charge in [0.25, 0.3) is 0 Å². The zero-order valence-electron chi connectivity index (χ0n) is 21.9. The van der Waals surface area contributed by atoms with Gasteiger partial charge in [0.1, 0.15) is 17.9 Å². The first-order valence-electron chi connectivity index (χ1n) is 12.7. The van der Waals surface area contributed by atoms with Crippen LogP contribution in [0.3, 0.4) is 0 Å². The Morgan fingerprint density at radius 1 is 1.00 bits per heavy atom. The number of ether oxygens (including phenoxy) is 1. The maximum absolute atomic E-state index is 13.1. The Kier molecular flexibility index (Phi) is 8.14. The number of para-hydroxylation sites is 1. The number of halogens is 2. The Labute approximate surface area is 241 Å². The van der Waals surface area contributed by atoms with Gasteiger partial charge < -0.3 is 14.6 Å². The first-order valence-corrected chi connectivity index (χ1v) is 13.4. The molecule has 202 valence electrons. The van der Waals surface area contributed by atoms with Crippen molar-refractivity contribution in [3.8, 4) is 5.75 Å². The van der Waals surface area contributed by atoms with Crippen molar-refractivity contribution in [2.24, 2.45) is 0 Å². The van der Waals surface area contributed by atoms with Crippen LogP contribution in [0.25, 0.3) is 10.9 Å². The van der Waals surface area contributed by atoms with Gasteiger partial charge in [-0.05, 0) is 61.9 Å². The number of amides is 1. The molecule has 0 fully saturated rings. The van der Waals surface area contributed by atoms with Gasteiger partial charge in [0, 0.05) is 58.8 Å². The number of benzene rings is 2. The summed E-state index contributed by atoms with van der Waals surface area (Å²) in [6, 6.07) is 20.1. The van der Waals surface area contributed by atoms with Gasteiger partial charge in [0.15, 0.2) is 0 Å². The highest BCUT2D eigenvalue weighted by atomic mass is 35.5. The number of pyridine rings is 2. The number of H-pyrrole nitrogens is 1. The van der Waals surface area contributed by atoms with Crippen LogP contribution in [0.2, 0.25) is 10.0 Å². The summed E-state index contributed by atoms with van der Waals surface area (Å²) in [6.45, 7) is 2.04. The lowest BCUT2D eigenvalue weighted by molar-refractivity contribution is -0.118. The van der Waals surface area contributed by atoms with E-state index >= 15 is 0 Å². The molecule has 0 radical (unpaired) electrons. The maximum atomic E-state index is 13.1. The van der Waals surface area contributed by atoms with Gasteiger partial charge in [0.2, 0.25) is 11.7 Å². The van der Waals surface area contributed by atoms with E-state index in [1.54, 1.807) is 43.6 Å². The van der Waals surface area contributed by atoms with Gasteiger partial charge in [-0.2, -0.15) is 0 Å². The van der Waals surface area contributed by atoms with E-state index in [2.05, 4.69) is 15.0 Å². The molecule has 9 heteroatoms. The Morgan fingerprint density at radius 2 is 1.85 bits per heavy atom. The fourth-order valence-electron chi connectivity index (χ4n) is 4.38. The predicted octanol–water partition coefficient (Wildman–Crippen LogP) is 6.98. The fraction of sp³-hybridized carbons (Fsp3) is 0.161. The van der Waals surface area contributed by atoms with Crippen molar-refractivity contribution in [3.63, 3.8) is 0 Å². The van der Waals surface area contributed by atoms with E-state index in [9.17, 15) is 9.59 Å². The van der Waals surface area contributed by atoms with E-state index in [1.165, 1.54) is 11.1 Å². The summed E-state index contributed by atoms with van der Waals surface area (Å²) in [5, 5.41) is 1.75. The second-order valence-corrected chi connectivity index (χ2v) is 10.1. The van der Waals surface area contributed by atoms with Crippen molar-refractivity contribution in [3.05, 3.63) is 117 Å². The second-order valence-electron chi connectivity index (χ2n) is 9.35. The molecule has 0 spiro atoms. The van der Waals surface area contributed by atoms with Crippen LogP contribution in [0.4, 0.5) is 5.69 Å². The molecular weight excluding hydrogens is 547 g/mol. The van der Waals surface area contributed by atoms with Gasteiger partial charge in [0.05, 0.1) is 16.4 Å². The van der Waals surface area contributed by atoms with Crippen LogP contribution in [0.1, 0.15) is 39.4 Å². The highest BCUT2D eigenvalue weighted by molar-refractivity contribution is 6.38. The Bertz CT molecular complexity index is 1700. The lowest BCUT2D eigenvalue weighted by atomic mass is 10.1. The summed E-state index contributed by atoms with van der Waals surface area (Å²) in [6.07, 6.45) is 3.78. The number of anilines is 1. The number of aryl methyl sites for hydroxylation is 2. The van der Waals surface area contributed by atoms with Crippen LogP contribution in [-0.2, 0) is 17.8 Å². The Morgan fingerprint density at radius 3 is 2.65 bits per heavy atom. The van der Waals surface area contributed by atoms with Crippen molar-refractivity contribution in [1.29, 1.82) is 0 Å². The van der Waals surface area contributed by atoms with Crippen molar-refractivity contribution in [1.82, 2.24) is 15.0 Å². The van der Waals surface area contributed by atoms with E-state index in [1.807, 2.05) is 43.3 Å². The first-order chi connectivity index (χ1) is 19.3. The summed E-state index contributed by atoms with van der Waals surface area (Å²) in [7, 11) is 1.67. The smallest absolute Gasteiger partial charge is 0.227 e. The van der Waals surface area contributed by atoms with E-state index in [0.29, 0.717) is 44.7 Å². The summed E-state index contributed by atoms with van der Waals surface area (Å²) in [5.41, 5.74) is 4.48. The summed E-state index contributed by atoms with van der Waals surface area (Å²) in [4.78, 5) is 38.9. The van der Waals surface area contributed by atoms with Crippen LogP contribution < -0.4 is 9.64 Å². The van der Waals surface area contributed by atoms with E-state index in [-0.39, 0.29) is 24.7 Å². The van der Waals surface area contributed by atoms with E-state index < -0.39 is 0 Å². The molecule has 0 bridgehead atoms. The SMILES string of the molecule is Cc1ccc2cccc(OCc3c(Cl)ccc(N(C)C(=O)CCc4ccc(C(=O)c5cccnc5)[nH]4)c3Cl)c2n1. The molecule has 0 aliphatic heterocycles. The zero-order chi connectivity index (χ0) is 28.2. The number of nitrogens with zero attached hydrogens (tertiary/aromatic N) is 3. The molecule has 2 aromatic carbocycles. The highest BCUT2D eigenvalue weighted by Gasteiger charge is 2.20. The molecule has 0 atom stereocenters. The molecule has 3 heterocycles. The number of rotatable bonds is 9. The van der Waals surface area contributed by atoms with Gasteiger partial charge in [-0.1, -0.05) is 41.4 Å². The van der Waals surface area contributed by atoms with Gasteiger partial charge >= 0.3 is 0 Å². The largest absolute Gasteiger partial charge is 0.487 e. The summed E-state index contributed by atoms with van der Waals surface area (Å²) in [5.74, 6) is 0.329. The monoisotopic (exact) mass is 572 g/mol. The Balaban J connectivity index is 1.26. The summed E-state index contributed by atoms with van der Waals surface area (Å²) < 4.78 is 6.11. The van der Waals surface area contributed by atoms with Crippen LogP contribution in [-0.4, -0.2) is 33.7 Å². The number of ketones is 1. The number of hydrogen-bond acceptors (Lipinski definition) is 5. The lowest BCUT2D eigenvalue weighted by Crippen LogP contribution is -2.27. The number of aromatic amines is 1. The number of nitrogens with one attached hydrogen (secondary N) is 1. The third kappa shape index (κ3) is 5.86. The molecule has 0 saturated carbocycles. The normalized spacial score (nSPS) is 11.0. The molecule has 0 aliphatic carbocycles. The second kappa shape index (κ2) is 11.9. The average molecular weight is 573 g/mol. The molecule has 40 heavy (non-hydrogen) atoms. The van der Waals surface area contributed by atoms with Crippen LogP contribution in [0, 0.1) is 6.92 Å². The molecule has 0 unspecified atom stereocenters. The minimum absolute atomic E-state index is 0.110. The number of carbonyl (C=O) groups is 2. The first kappa shape index (κ1) is 27.4. The van der Waals surface area contributed by atoms with Crippen LogP contribution in [0.5, 0.6) is 5.75 Å². The van der Waals surface area contributed by atoms with Gasteiger partial charge in [-0.3, -0.25) is 14.6 Å². The van der Waals surface area contributed by atoms with Crippen LogP contribution >= 0.6 is 23.2 Å². The van der Waals surface area contributed by atoms with Crippen LogP contribution in [0.15, 0.2) is 79.1 Å². The number of aromatic nitrogens is 3.